The minimum Gasteiger partial charge on any atom is -0.331 e. The molecule has 3 aliphatic rings. The Morgan fingerprint density at radius 3 is 2.48 bits per heavy atom. The first-order valence-electron chi connectivity index (χ1n) is 10.2. The quantitative estimate of drug-likeness (QED) is 0.651. The maximum Gasteiger partial charge on any atom is 0.417 e. The van der Waals surface area contributed by atoms with Crippen molar-refractivity contribution in [2.45, 2.75) is 37.1 Å². The Labute approximate surface area is 186 Å². The zero-order valence-electron chi connectivity index (χ0n) is 17.3. The van der Waals surface area contributed by atoms with E-state index in [4.69, 9.17) is 5.26 Å². The molecule has 3 atom stereocenters. The number of fused-ring (bicyclic) bond motifs is 5. The number of rotatable bonds is 2. The third-order valence-electron chi connectivity index (χ3n) is 6.80. The number of likely N-dealkylation sites (tertiary alicyclic amines) is 1. The molecule has 2 aromatic rings. The summed E-state index contributed by atoms with van der Waals surface area (Å²) in [6.07, 6.45) is -4.41. The van der Waals surface area contributed by atoms with E-state index in [1.165, 1.54) is 11.0 Å². The lowest BCUT2D eigenvalue weighted by Crippen LogP contribution is -2.62. The summed E-state index contributed by atoms with van der Waals surface area (Å²) in [5.74, 6) is -0.955. The molecule has 3 fully saturated rings. The molecule has 3 saturated heterocycles. The first kappa shape index (κ1) is 21.0. The Kier molecular flexibility index (Phi) is 4.34. The molecule has 3 heterocycles. The van der Waals surface area contributed by atoms with Crippen molar-refractivity contribution in [3.63, 3.8) is 0 Å². The van der Waals surface area contributed by atoms with Crippen molar-refractivity contribution < 1.29 is 27.6 Å². The molecule has 0 aromatic heterocycles. The van der Waals surface area contributed by atoms with Crippen LogP contribution in [0.2, 0.25) is 0 Å². The predicted octanol–water partition coefficient (Wildman–Crippen LogP) is 3.40. The van der Waals surface area contributed by atoms with Crippen LogP contribution in [0.4, 0.5) is 23.7 Å². The number of imide groups is 1. The highest BCUT2D eigenvalue weighted by molar-refractivity contribution is 6.24. The number of alkyl halides is 3. The van der Waals surface area contributed by atoms with Gasteiger partial charge in [-0.05, 0) is 43.7 Å². The van der Waals surface area contributed by atoms with Crippen molar-refractivity contribution in [3.05, 3.63) is 65.2 Å². The predicted molar refractivity (Wildman–Crippen MR) is 109 cm³/mol. The Balaban J connectivity index is 1.52. The zero-order valence-corrected chi connectivity index (χ0v) is 17.3. The van der Waals surface area contributed by atoms with Gasteiger partial charge < -0.3 is 9.80 Å². The number of urea groups is 1. The van der Waals surface area contributed by atoms with Crippen molar-refractivity contribution in [1.29, 1.82) is 5.26 Å². The first-order chi connectivity index (χ1) is 15.6. The summed E-state index contributed by atoms with van der Waals surface area (Å²) in [6.45, 7) is 1.79. The standard InChI is InChI=1S/C23H17F3N4O3/c1-22-18-10-16(12-28(18)19(31)13-5-3-2-4-6-13)30(22)21(33)29(20(22)32)15-8-7-14(11-27)17(9-15)23(24,25)26/h2-9,16,18H,10,12H2,1H3. The van der Waals surface area contributed by atoms with Crippen LogP contribution in [0.25, 0.3) is 0 Å². The van der Waals surface area contributed by atoms with Crippen LogP contribution in [0.1, 0.15) is 34.8 Å². The van der Waals surface area contributed by atoms with Crippen LogP contribution in [-0.2, 0) is 11.0 Å². The number of hydrogen-bond donors (Lipinski definition) is 0. The van der Waals surface area contributed by atoms with Crippen LogP contribution >= 0.6 is 0 Å². The highest BCUT2D eigenvalue weighted by atomic mass is 19.4. The van der Waals surface area contributed by atoms with Crippen LogP contribution < -0.4 is 4.90 Å². The summed E-state index contributed by atoms with van der Waals surface area (Å²) in [6, 6.07) is 11.1. The maximum atomic E-state index is 13.5. The molecule has 4 amide bonds. The Bertz CT molecular complexity index is 1240. The number of carbonyl (C=O) groups excluding carboxylic acids is 3. The molecule has 0 saturated carbocycles. The summed E-state index contributed by atoms with van der Waals surface area (Å²) >= 11 is 0. The van der Waals surface area contributed by atoms with Crippen LogP contribution in [0.15, 0.2) is 48.5 Å². The molecule has 0 spiro atoms. The fraction of sp³-hybridized carbons (Fsp3) is 0.304. The van der Waals surface area contributed by atoms with E-state index in [1.54, 1.807) is 42.2 Å². The SMILES string of the molecule is CC12C(=O)N(c3ccc(C#N)c(C(F)(F)F)c3)C(=O)N1C1CC2N(C(=O)c2ccccc2)C1. The van der Waals surface area contributed by atoms with Gasteiger partial charge >= 0.3 is 12.2 Å². The number of hydrogen-bond acceptors (Lipinski definition) is 4. The molecule has 0 N–H and O–H groups in total. The van der Waals surface area contributed by atoms with Crippen LogP contribution in [-0.4, -0.2) is 51.8 Å². The fourth-order valence-electron chi connectivity index (χ4n) is 5.30. The molecule has 7 nitrogen and oxygen atoms in total. The van der Waals surface area contributed by atoms with Gasteiger partial charge in [-0.1, -0.05) is 18.2 Å². The summed E-state index contributed by atoms with van der Waals surface area (Å²) in [4.78, 5) is 43.5. The van der Waals surface area contributed by atoms with Crippen molar-refractivity contribution in [2.24, 2.45) is 0 Å². The van der Waals surface area contributed by atoms with Gasteiger partial charge in [0, 0.05) is 12.1 Å². The van der Waals surface area contributed by atoms with Crippen molar-refractivity contribution in [3.8, 4) is 6.07 Å². The van der Waals surface area contributed by atoms with E-state index in [9.17, 15) is 27.6 Å². The molecule has 10 heteroatoms. The van der Waals surface area contributed by atoms with E-state index in [2.05, 4.69) is 0 Å². The van der Waals surface area contributed by atoms with Crippen molar-refractivity contribution in [1.82, 2.24) is 9.80 Å². The number of halogens is 3. The number of nitriles is 1. The molecule has 3 unspecified atom stereocenters. The monoisotopic (exact) mass is 454 g/mol. The second-order valence-corrected chi connectivity index (χ2v) is 8.51. The number of nitrogens with zero attached hydrogens (tertiary/aromatic N) is 4. The van der Waals surface area contributed by atoms with Gasteiger partial charge in [-0.3, -0.25) is 9.59 Å². The third kappa shape index (κ3) is 2.78. The number of benzene rings is 2. The Morgan fingerprint density at radius 2 is 1.85 bits per heavy atom. The minimum absolute atomic E-state index is 0.238. The number of piperazine rings is 1. The Morgan fingerprint density at radius 1 is 1.15 bits per heavy atom. The molecule has 5 rings (SSSR count). The smallest absolute Gasteiger partial charge is 0.331 e. The van der Waals surface area contributed by atoms with Crippen LogP contribution in [0, 0.1) is 11.3 Å². The van der Waals surface area contributed by atoms with Crippen molar-refractivity contribution in [2.75, 3.05) is 11.4 Å². The van der Waals surface area contributed by atoms with Gasteiger partial charge in [-0.2, -0.15) is 18.4 Å². The molecule has 33 heavy (non-hydrogen) atoms. The van der Waals surface area contributed by atoms with Crippen LogP contribution in [0.3, 0.4) is 0 Å². The van der Waals surface area contributed by atoms with Gasteiger partial charge in [0.05, 0.1) is 35.0 Å². The third-order valence-corrected chi connectivity index (χ3v) is 6.80. The van der Waals surface area contributed by atoms with Crippen LogP contribution in [0.5, 0.6) is 0 Å². The van der Waals surface area contributed by atoms with Crippen molar-refractivity contribution >= 4 is 23.5 Å². The average Bonchev–Trinajstić information content (AvgIpc) is 3.41. The number of anilines is 1. The van der Waals surface area contributed by atoms with E-state index < -0.39 is 46.9 Å². The van der Waals surface area contributed by atoms with E-state index in [1.807, 2.05) is 0 Å². The normalized spacial score (nSPS) is 26.1. The molecule has 2 aromatic carbocycles. The lowest BCUT2D eigenvalue weighted by atomic mass is 9.91. The lowest BCUT2D eigenvalue weighted by Gasteiger charge is -2.41. The van der Waals surface area contributed by atoms with Gasteiger partial charge in [0.1, 0.15) is 5.54 Å². The van der Waals surface area contributed by atoms with E-state index >= 15 is 0 Å². The van der Waals surface area contributed by atoms with E-state index in [0.717, 1.165) is 17.0 Å². The topological polar surface area (TPSA) is 84.7 Å². The summed E-state index contributed by atoms with van der Waals surface area (Å²) in [5.41, 5.74) is -3.01. The van der Waals surface area contributed by atoms with Gasteiger partial charge in [0.2, 0.25) is 0 Å². The number of carbonyl (C=O) groups is 3. The molecular formula is C23H17F3N4O3. The molecule has 0 aliphatic carbocycles. The maximum absolute atomic E-state index is 13.5. The first-order valence-corrected chi connectivity index (χ1v) is 10.2. The van der Waals surface area contributed by atoms with Gasteiger partial charge in [0.25, 0.3) is 11.8 Å². The van der Waals surface area contributed by atoms with E-state index in [0.29, 0.717) is 18.1 Å². The van der Waals surface area contributed by atoms with Gasteiger partial charge in [0.15, 0.2) is 0 Å². The van der Waals surface area contributed by atoms with Gasteiger partial charge in [-0.15, -0.1) is 0 Å². The summed E-state index contributed by atoms with van der Waals surface area (Å²) < 4.78 is 40.3. The average molecular weight is 454 g/mol. The molecular weight excluding hydrogens is 437 g/mol. The number of amides is 4. The Hall–Kier alpha value is -3.87. The largest absolute Gasteiger partial charge is 0.417 e. The summed E-state index contributed by atoms with van der Waals surface area (Å²) in [5, 5.41) is 9.02. The molecule has 2 bridgehead atoms. The minimum atomic E-state index is -4.83. The second-order valence-electron chi connectivity index (χ2n) is 8.51. The van der Waals surface area contributed by atoms with Gasteiger partial charge in [-0.25, -0.2) is 9.69 Å². The summed E-state index contributed by atoms with van der Waals surface area (Å²) in [7, 11) is 0. The highest BCUT2D eigenvalue weighted by Crippen LogP contribution is 2.50. The lowest BCUT2D eigenvalue weighted by molar-refractivity contribution is -0.137. The highest BCUT2D eigenvalue weighted by Gasteiger charge is 2.70. The fourth-order valence-corrected chi connectivity index (χ4v) is 5.30. The second kappa shape index (κ2) is 6.81. The molecule has 168 valence electrons. The zero-order chi connectivity index (χ0) is 23.7. The molecule has 0 radical (unpaired) electrons. The molecule has 3 aliphatic heterocycles. The van der Waals surface area contributed by atoms with E-state index in [-0.39, 0.29) is 18.1 Å².